The van der Waals surface area contributed by atoms with E-state index in [2.05, 4.69) is 10.3 Å². The van der Waals surface area contributed by atoms with Gasteiger partial charge >= 0.3 is 6.18 Å². The van der Waals surface area contributed by atoms with Gasteiger partial charge in [0.05, 0.1) is 11.1 Å². The normalized spacial score (nSPS) is 11.5. The van der Waals surface area contributed by atoms with Crippen molar-refractivity contribution in [2.45, 2.75) is 32.7 Å². The number of aromatic nitrogens is 1. The third kappa shape index (κ3) is 5.14. The molecule has 0 radical (unpaired) electrons. The van der Waals surface area contributed by atoms with Gasteiger partial charge < -0.3 is 10.1 Å². The van der Waals surface area contributed by atoms with E-state index in [1.165, 1.54) is 23.5 Å². The molecule has 2 aromatic carbocycles. The molecule has 4 nitrogen and oxygen atoms in total. The second kappa shape index (κ2) is 8.65. The number of hydrogen-bond acceptors (Lipinski definition) is 4. The van der Waals surface area contributed by atoms with Crippen LogP contribution in [0.2, 0.25) is 0 Å². The molecule has 1 aromatic heterocycles. The molecule has 0 bridgehead atoms. The predicted molar refractivity (Wildman–Crippen MR) is 106 cm³/mol. The van der Waals surface area contributed by atoms with Gasteiger partial charge in [0.15, 0.2) is 0 Å². The van der Waals surface area contributed by atoms with Crippen molar-refractivity contribution < 1.29 is 22.7 Å². The van der Waals surface area contributed by atoms with Gasteiger partial charge in [0.2, 0.25) is 0 Å². The molecule has 8 heteroatoms. The molecule has 1 N–H and O–H groups in total. The molecule has 0 saturated carbocycles. The van der Waals surface area contributed by atoms with Crippen molar-refractivity contribution in [3.05, 3.63) is 70.7 Å². The quantitative estimate of drug-likeness (QED) is 0.569. The third-order valence-corrected chi connectivity index (χ3v) is 4.86. The lowest BCUT2D eigenvalue weighted by atomic mass is 10.1. The molecular formula is C21H19F3N2O2S. The summed E-state index contributed by atoms with van der Waals surface area (Å²) in [6, 6.07) is 12.2. The lowest BCUT2D eigenvalue weighted by Crippen LogP contribution is -2.30. The number of carbonyl (C=O) groups excluding carboxylic acids is 1. The summed E-state index contributed by atoms with van der Waals surface area (Å²) in [4.78, 5) is 16.5. The molecule has 29 heavy (non-hydrogen) atoms. The maximum atomic E-state index is 13.2. The summed E-state index contributed by atoms with van der Waals surface area (Å²) in [5.41, 5.74) is 0.229. The number of benzene rings is 2. The number of alkyl halides is 3. The number of thiazole rings is 1. The summed E-state index contributed by atoms with van der Waals surface area (Å²) >= 11 is 1.27. The number of para-hydroxylation sites is 1. The third-order valence-electron chi connectivity index (χ3n) is 3.98. The molecule has 0 saturated heterocycles. The minimum absolute atomic E-state index is 0.0167. The molecule has 3 rings (SSSR count). The lowest BCUT2D eigenvalue weighted by Gasteiger charge is -2.14. The largest absolute Gasteiger partial charge is 0.488 e. The number of nitrogens with zero attached hydrogens (tertiary/aromatic N) is 1. The minimum atomic E-state index is -4.45. The van der Waals surface area contributed by atoms with E-state index in [4.69, 9.17) is 4.74 Å². The van der Waals surface area contributed by atoms with E-state index < -0.39 is 11.7 Å². The van der Waals surface area contributed by atoms with Crippen LogP contribution in [-0.2, 0) is 12.8 Å². The number of hydrogen-bond donors (Lipinski definition) is 1. The highest BCUT2D eigenvalue weighted by Crippen LogP contribution is 2.35. The second-order valence-electron chi connectivity index (χ2n) is 6.61. The molecule has 0 unspecified atom stereocenters. The summed E-state index contributed by atoms with van der Waals surface area (Å²) in [6.07, 6.45) is -4.45. The number of amides is 1. The first-order valence-corrected chi connectivity index (χ1v) is 9.77. The zero-order valence-electron chi connectivity index (χ0n) is 15.8. The smallest absolute Gasteiger partial charge is 0.416 e. The number of carbonyl (C=O) groups is 1. The summed E-state index contributed by atoms with van der Waals surface area (Å²) in [7, 11) is 0. The molecule has 0 aliphatic heterocycles. The van der Waals surface area contributed by atoms with Crippen molar-refractivity contribution in [2.24, 2.45) is 0 Å². The number of ether oxygens (including phenoxy) is 1. The van der Waals surface area contributed by atoms with Crippen LogP contribution in [0.4, 0.5) is 13.2 Å². The molecule has 3 aromatic rings. The molecule has 1 heterocycles. The van der Waals surface area contributed by atoms with Crippen molar-refractivity contribution in [1.82, 2.24) is 10.3 Å². The summed E-state index contributed by atoms with van der Waals surface area (Å²) < 4.78 is 45.3. The molecule has 0 atom stereocenters. The van der Waals surface area contributed by atoms with E-state index in [0.717, 1.165) is 6.07 Å². The van der Waals surface area contributed by atoms with Crippen LogP contribution in [-0.4, -0.2) is 16.9 Å². The van der Waals surface area contributed by atoms with Crippen molar-refractivity contribution in [3.8, 4) is 16.3 Å². The van der Waals surface area contributed by atoms with Gasteiger partial charge in [0.1, 0.15) is 23.1 Å². The minimum Gasteiger partial charge on any atom is -0.488 e. The van der Waals surface area contributed by atoms with Crippen LogP contribution >= 0.6 is 11.3 Å². The van der Waals surface area contributed by atoms with E-state index in [0.29, 0.717) is 16.3 Å². The van der Waals surface area contributed by atoms with Crippen molar-refractivity contribution in [3.63, 3.8) is 0 Å². The SMILES string of the molecule is CC(C)NC(=O)c1csc(-c2ccccc2OCc2ccccc2C(F)(F)F)n1. The van der Waals surface area contributed by atoms with Crippen molar-refractivity contribution >= 4 is 17.2 Å². The van der Waals surface area contributed by atoms with E-state index in [9.17, 15) is 18.0 Å². The van der Waals surface area contributed by atoms with E-state index in [1.54, 1.807) is 35.7 Å². The molecule has 0 aliphatic rings. The van der Waals surface area contributed by atoms with E-state index in [1.807, 2.05) is 13.8 Å². The van der Waals surface area contributed by atoms with Gasteiger partial charge in [-0.25, -0.2) is 4.98 Å². The topological polar surface area (TPSA) is 51.2 Å². The monoisotopic (exact) mass is 420 g/mol. The first-order valence-electron chi connectivity index (χ1n) is 8.89. The fourth-order valence-electron chi connectivity index (χ4n) is 2.69. The fraction of sp³-hybridized carbons (Fsp3) is 0.238. The van der Waals surface area contributed by atoms with Crippen molar-refractivity contribution in [1.29, 1.82) is 0 Å². The van der Waals surface area contributed by atoms with Gasteiger partial charge in [-0.1, -0.05) is 30.3 Å². The summed E-state index contributed by atoms with van der Waals surface area (Å²) in [6.45, 7) is 3.47. The van der Waals surface area contributed by atoms with Crippen LogP contribution in [0.5, 0.6) is 5.75 Å². The fourth-order valence-corrected chi connectivity index (χ4v) is 3.51. The van der Waals surface area contributed by atoms with Crippen LogP contribution in [0.1, 0.15) is 35.5 Å². The predicted octanol–water partition coefficient (Wildman–Crippen LogP) is 5.55. The Balaban J connectivity index is 1.83. The van der Waals surface area contributed by atoms with Gasteiger partial charge in [-0.05, 0) is 32.0 Å². The van der Waals surface area contributed by atoms with Crippen LogP contribution in [0.3, 0.4) is 0 Å². The van der Waals surface area contributed by atoms with Gasteiger partial charge in [0.25, 0.3) is 5.91 Å². The summed E-state index contributed by atoms with van der Waals surface area (Å²) in [5.74, 6) is 0.120. The summed E-state index contributed by atoms with van der Waals surface area (Å²) in [5, 5.41) is 4.97. The first-order chi connectivity index (χ1) is 13.8. The van der Waals surface area contributed by atoms with Crippen molar-refractivity contribution in [2.75, 3.05) is 0 Å². The molecule has 1 amide bonds. The van der Waals surface area contributed by atoms with E-state index in [-0.39, 0.29) is 29.8 Å². The highest BCUT2D eigenvalue weighted by Gasteiger charge is 2.33. The number of halogens is 3. The molecule has 0 fully saturated rings. The Labute approximate surface area is 170 Å². The van der Waals surface area contributed by atoms with Gasteiger partial charge in [-0.2, -0.15) is 13.2 Å². The Kier molecular flexibility index (Phi) is 6.22. The highest BCUT2D eigenvalue weighted by molar-refractivity contribution is 7.13. The number of nitrogens with one attached hydrogen (secondary N) is 1. The molecular weight excluding hydrogens is 401 g/mol. The van der Waals surface area contributed by atoms with Crippen LogP contribution in [0.25, 0.3) is 10.6 Å². The zero-order chi connectivity index (χ0) is 21.0. The standard InChI is InChI=1S/C21H19F3N2O2S/c1-13(2)25-19(27)17-12-29-20(26-17)15-8-4-6-10-18(15)28-11-14-7-3-5-9-16(14)21(22,23)24/h3-10,12-13H,11H2,1-2H3,(H,25,27). The van der Waals surface area contributed by atoms with Crippen LogP contribution in [0.15, 0.2) is 53.9 Å². The van der Waals surface area contributed by atoms with E-state index >= 15 is 0 Å². The van der Waals surface area contributed by atoms with Crippen LogP contribution < -0.4 is 10.1 Å². The van der Waals surface area contributed by atoms with Crippen LogP contribution in [0, 0.1) is 0 Å². The molecule has 0 spiro atoms. The second-order valence-corrected chi connectivity index (χ2v) is 7.46. The average Bonchev–Trinajstić information content (AvgIpc) is 3.16. The first kappa shape index (κ1) is 20.9. The average molecular weight is 420 g/mol. The maximum absolute atomic E-state index is 13.2. The Bertz CT molecular complexity index is 999. The Morgan fingerprint density at radius 1 is 1.14 bits per heavy atom. The number of rotatable bonds is 6. The molecule has 152 valence electrons. The highest BCUT2D eigenvalue weighted by atomic mass is 32.1. The molecule has 0 aliphatic carbocycles. The Morgan fingerprint density at radius 3 is 2.55 bits per heavy atom. The maximum Gasteiger partial charge on any atom is 0.416 e. The zero-order valence-corrected chi connectivity index (χ0v) is 16.6. The van der Waals surface area contributed by atoms with Gasteiger partial charge in [0, 0.05) is 17.0 Å². The van der Waals surface area contributed by atoms with Gasteiger partial charge in [-0.15, -0.1) is 11.3 Å². The Hall–Kier alpha value is -2.87. The lowest BCUT2D eigenvalue weighted by molar-refractivity contribution is -0.138. The van der Waals surface area contributed by atoms with Gasteiger partial charge in [-0.3, -0.25) is 4.79 Å². The Morgan fingerprint density at radius 2 is 1.83 bits per heavy atom.